The number of β-amino-alcohol motifs (C(OH)–C–C–N with tert-alkyl or cyclic N) is 1. The fraction of sp³-hybridized carbons (Fsp3) is 0.325. The molecule has 10 heteroatoms. The van der Waals surface area contributed by atoms with Crippen molar-refractivity contribution in [2.24, 2.45) is 0 Å². The SMILES string of the molecule is CC(C)(SC(c1ccccc1)(c1ccccc1)c1ccccc1)C(NC(=O)C1(F)CC1)C(=O)N1C[C@H](O)C[C@H]1C(=O)NCc1ccc(Cl)cc1. The van der Waals surface area contributed by atoms with Gasteiger partial charge in [0.1, 0.15) is 12.1 Å². The van der Waals surface area contributed by atoms with E-state index in [0.29, 0.717) is 5.02 Å². The number of hydrogen-bond donors (Lipinski definition) is 3. The van der Waals surface area contributed by atoms with Crippen LogP contribution in [0.15, 0.2) is 115 Å². The molecule has 4 aromatic rings. The number of likely N-dealkylation sites (tertiary alicyclic amines) is 1. The van der Waals surface area contributed by atoms with Gasteiger partial charge in [0.15, 0.2) is 5.67 Å². The van der Waals surface area contributed by atoms with Crippen LogP contribution in [-0.2, 0) is 25.7 Å². The van der Waals surface area contributed by atoms with Gasteiger partial charge in [-0.05, 0) is 61.1 Å². The zero-order valence-electron chi connectivity index (χ0n) is 28.0. The average molecular weight is 714 g/mol. The highest BCUT2D eigenvalue weighted by atomic mass is 35.5. The van der Waals surface area contributed by atoms with Crippen molar-refractivity contribution in [2.75, 3.05) is 6.54 Å². The Morgan fingerprint density at radius 2 is 1.38 bits per heavy atom. The Balaban J connectivity index is 1.38. The lowest BCUT2D eigenvalue weighted by atomic mass is 9.84. The molecule has 1 aliphatic heterocycles. The Bertz CT molecular complexity index is 1710. The number of thioether (sulfide) groups is 1. The van der Waals surface area contributed by atoms with Crippen molar-refractivity contribution in [1.29, 1.82) is 0 Å². The highest BCUT2D eigenvalue weighted by molar-refractivity contribution is 8.02. The Hall–Kier alpha value is -4.18. The van der Waals surface area contributed by atoms with Crippen LogP contribution in [-0.4, -0.2) is 62.9 Å². The summed E-state index contributed by atoms with van der Waals surface area (Å²) in [7, 11) is 0. The molecule has 50 heavy (non-hydrogen) atoms. The second-order valence-electron chi connectivity index (χ2n) is 13.6. The van der Waals surface area contributed by atoms with Crippen LogP contribution in [0.5, 0.6) is 0 Å². The Labute approximate surface area is 301 Å². The number of aliphatic hydroxyl groups excluding tert-OH is 1. The van der Waals surface area contributed by atoms with Gasteiger partial charge in [-0.15, -0.1) is 11.8 Å². The molecule has 3 atom stereocenters. The molecule has 0 radical (unpaired) electrons. The first-order valence-corrected chi connectivity index (χ1v) is 18.0. The minimum absolute atomic E-state index is 0.0292. The molecule has 1 unspecified atom stereocenters. The fourth-order valence-corrected chi connectivity index (χ4v) is 8.61. The van der Waals surface area contributed by atoms with Crippen LogP contribution in [0.25, 0.3) is 0 Å². The van der Waals surface area contributed by atoms with E-state index in [2.05, 4.69) is 10.6 Å². The zero-order valence-corrected chi connectivity index (χ0v) is 29.6. The molecule has 3 N–H and O–H groups in total. The highest BCUT2D eigenvalue weighted by Crippen LogP contribution is 2.54. The summed E-state index contributed by atoms with van der Waals surface area (Å²) in [6, 6.07) is 34.6. The molecule has 1 heterocycles. The van der Waals surface area contributed by atoms with Gasteiger partial charge in [-0.3, -0.25) is 14.4 Å². The molecular formula is C40H41ClFN3O4S. The fourth-order valence-electron chi connectivity index (χ4n) is 6.66. The van der Waals surface area contributed by atoms with Crippen molar-refractivity contribution >= 4 is 41.1 Å². The van der Waals surface area contributed by atoms with Gasteiger partial charge in [-0.1, -0.05) is 115 Å². The molecule has 260 valence electrons. The van der Waals surface area contributed by atoms with Gasteiger partial charge in [-0.2, -0.15) is 0 Å². The van der Waals surface area contributed by atoms with Crippen LogP contribution in [0.2, 0.25) is 5.02 Å². The van der Waals surface area contributed by atoms with Crippen molar-refractivity contribution < 1.29 is 23.9 Å². The van der Waals surface area contributed by atoms with E-state index in [4.69, 9.17) is 11.6 Å². The zero-order chi connectivity index (χ0) is 35.5. The lowest BCUT2D eigenvalue weighted by Crippen LogP contribution is -2.61. The lowest BCUT2D eigenvalue weighted by molar-refractivity contribution is -0.143. The summed E-state index contributed by atoms with van der Waals surface area (Å²) in [6.45, 7) is 3.82. The molecule has 7 nitrogen and oxygen atoms in total. The molecule has 2 aliphatic rings. The van der Waals surface area contributed by atoms with Gasteiger partial charge >= 0.3 is 0 Å². The molecule has 1 saturated heterocycles. The number of rotatable bonds is 12. The van der Waals surface area contributed by atoms with Crippen molar-refractivity contribution in [3.05, 3.63) is 143 Å². The summed E-state index contributed by atoms with van der Waals surface area (Å²) in [5, 5.41) is 17.0. The average Bonchev–Trinajstić information content (AvgIpc) is 3.77. The number of nitrogens with one attached hydrogen (secondary N) is 2. The van der Waals surface area contributed by atoms with Gasteiger partial charge < -0.3 is 20.6 Å². The molecule has 0 aromatic heterocycles. The second-order valence-corrected chi connectivity index (χ2v) is 15.9. The minimum atomic E-state index is -2.05. The number of benzene rings is 4. The van der Waals surface area contributed by atoms with E-state index >= 15 is 4.39 Å². The van der Waals surface area contributed by atoms with Crippen LogP contribution in [0.4, 0.5) is 4.39 Å². The number of amides is 3. The van der Waals surface area contributed by atoms with Crippen molar-refractivity contribution in [1.82, 2.24) is 15.5 Å². The van der Waals surface area contributed by atoms with E-state index in [1.54, 1.807) is 24.3 Å². The molecular weight excluding hydrogens is 673 g/mol. The quantitative estimate of drug-likeness (QED) is 0.148. The third-order valence-electron chi connectivity index (χ3n) is 9.52. The Morgan fingerprint density at radius 3 is 1.86 bits per heavy atom. The van der Waals surface area contributed by atoms with Crippen LogP contribution >= 0.6 is 23.4 Å². The van der Waals surface area contributed by atoms with Crippen LogP contribution in [0.1, 0.15) is 55.4 Å². The molecule has 0 bridgehead atoms. The third-order valence-corrected chi connectivity index (χ3v) is 11.5. The van der Waals surface area contributed by atoms with Gasteiger partial charge in [0.25, 0.3) is 5.91 Å². The number of nitrogens with zero attached hydrogens (tertiary/aromatic N) is 1. The van der Waals surface area contributed by atoms with Crippen LogP contribution < -0.4 is 10.6 Å². The van der Waals surface area contributed by atoms with E-state index < -0.39 is 51.1 Å². The maximum absolute atomic E-state index is 15.3. The maximum atomic E-state index is 15.3. The third kappa shape index (κ3) is 7.45. The van der Waals surface area contributed by atoms with Crippen molar-refractivity contribution in [3.8, 4) is 0 Å². The molecule has 1 saturated carbocycles. The maximum Gasteiger partial charge on any atom is 0.258 e. The van der Waals surface area contributed by atoms with E-state index in [9.17, 15) is 19.5 Å². The molecule has 4 aromatic carbocycles. The molecule has 3 amide bonds. The van der Waals surface area contributed by atoms with Gasteiger partial charge in [-0.25, -0.2) is 4.39 Å². The van der Waals surface area contributed by atoms with Crippen LogP contribution in [0.3, 0.4) is 0 Å². The number of hydrogen-bond acceptors (Lipinski definition) is 5. The molecule has 6 rings (SSSR count). The first kappa shape index (κ1) is 35.6. The summed E-state index contributed by atoms with van der Waals surface area (Å²) < 4.78 is 13.3. The Morgan fingerprint density at radius 1 is 0.880 bits per heavy atom. The topological polar surface area (TPSA) is 98.7 Å². The van der Waals surface area contributed by atoms with Gasteiger partial charge in [0, 0.05) is 29.3 Å². The summed E-state index contributed by atoms with van der Waals surface area (Å²) in [5.74, 6) is -1.85. The molecule has 2 fully saturated rings. The number of carbonyl (C=O) groups is 3. The van der Waals surface area contributed by atoms with Crippen LogP contribution in [0, 0.1) is 0 Å². The van der Waals surface area contributed by atoms with E-state index in [1.165, 1.54) is 16.7 Å². The van der Waals surface area contributed by atoms with E-state index in [-0.39, 0.29) is 32.4 Å². The van der Waals surface area contributed by atoms with Crippen molar-refractivity contribution in [3.63, 3.8) is 0 Å². The number of aliphatic hydroxyl groups is 1. The smallest absolute Gasteiger partial charge is 0.258 e. The number of halogens is 2. The highest BCUT2D eigenvalue weighted by Gasteiger charge is 2.55. The summed E-state index contributed by atoms with van der Waals surface area (Å²) in [6.07, 6.45) is -0.770. The summed E-state index contributed by atoms with van der Waals surface area (Å²) in [4.78, 5) is 43.2. The number of carbonyl (C=O) groups excluding carboxylic acids is 3. The monoisotopic (exact) mass is 713 g/mol. The Kier molecular flexibility index (Phi) is 10.4. The first-order chi connectivity index (χ1) is 23.9. The van der Waals surface area contributed by atoms with E-state index in [1.807, 2.05) is 105 Å². The standard InChI is InChI=1S/C40H41ClFN3O4S/c1-38(2,50-40(28-12-6-3-7-13-28,29-14-8-4-9-15-29)30-16-10-5-11-17-30)34(44-37(49)39(42)22-23-39)36(48)45-26-32(46)24-33(45)35(47)43-25-27-18-20-31(41)21-19-27/h3-21,32-34,46H,22-26H2,1-2H3,(H,43,47)(H,44,49)/t32-,33+,34?/m1/s1. The lowest BCUT2D eigenvalue weighted by Gasteiger charge is -2.45. The molecule has 1 aliphatic carbocycles. The van der Waals surface area contributed by atoms with Gasteiger partial charge in [0.2, 0.25) is 11.8 Å². The predicted molar refractivity (Wildman–Crippen MR) is 195 cm³/mol. The normalized spacial score (nSPS) is 19.0. The van der Waals surface area contributed by atoms with Gasteiger partial charge in [0.05, 0.1) is 10.9 Å². The summed E-state index contributed by atoms with van der Waals surface area (Å²) >= 11 is 7.49. The summed E-state index contributed by atoms with van der Waals surface area (Å²) in [5.41, 5.74) is 1.63. The minimum Gasteiger partial charge on any atom is -0.391 e. The predicted octanol–water partition coefficient (Wildman–Crippen LogP) is 6.41. The van der Waals surface area contributed by atoms with Crippen molar-refractivity contribution in [2.45, 2.75) is 73.0 Å². The first-order valence-electron chi connectivity index (χ1n) is 16.8. The van der Waals surface area contributed by atoms with E-state index in [0.717, 1.165) is 22.3 Å². The number of alkyl halides is 1. The largest absolute Gasteiger partial charge is 0.391 e. The molecule has 0 spiro atoms. The second kappa shape index (κ2) is 14.6.